The molecule has 1 saturated carbocycles. The Kier molecular flexibility index (Phi) is 5.38. The Morgan fingerprint density at radius 2 is 2.11 bits per heavy atom. The highest BCUT2D eigenvalue weighted by molar-refractivity contribution is 6.29. The van der Waals surface area contributed by atoms with Crippen molar-refractivity contribution >= 4 is 23.2 Å². The molecular formula is C19H20ClN5O3. The predicted molar refractivity (Wildman–Crippen MR) is 101 cm³/mol. The van der Waals surface area contributed by atoms with Crippen molar-refractivity contribution in [1.82, 2.24) is 24.6 Å². The number of aryl methyl sites for hydroxylation is 1. The van der Waals surface area contributed by atoms with Gasteiger partial charge in [-0.2, -0.15) is 4.98 Å². The Hall–Kier alpha value is -2.74. The van der Waals surface area contributed by atoms with Crippen LogP contribution in [0.3, 0.4) is 0 Å². The molecule has 3 aromatic heterocycles. The standard InChI is InChI=1S/C19H20ClN5O3/c1-2-27-19(26)8-6-15-21-14(20)9-18(23-15)28-11-16-22-17-7-5-13(12-3-4-12)10-25(17)24-16/h5,7,9-10,12H,2-4,6,8,11H2,1H3. The van der Waals surface area contributed by atoms with Crippen LogP contribution < -0.4 is 4.74 Å². The van der Waals surface area contributed by atoms with Crippen LogP contribution in [0.1, 0.15) is 49.3 Å². The van der Waals surface area contributed by atoms with Gasteiger partial charge in [0.25, 0.3) is 0 Å². The Morgan fingerprint density at radius 1 is 1.25 bits per heavy atom. The Morgan fingerprint density at radius 3 is 2.89 bits per heavy atom. The fraction of sp³-hybridized carbons (Fsp3) is 0.421. The van der Waals surface area contributed by atoms with E-state index in [1.807, 2.05) is 12.3 Å². The number of ether oxygens (including phenoxy) is 2. The van der Waals surface area contributed by atoms with Gasteiger partial charge in [0.1, 0.15) is 11.0 Å². The van der Waals surface area contributed by atoms with Crippen molar-refractivity contribution in [2.45, 2.75) is 45.1 Å². The first-order chi connectivity index (χ1) is 13.6. The lowest BCUT2D eigenvalue weighted by molar-refractivity contribution is -0.143. The highest BCUT2D eigenvalue weighted by Gasteiger charge is 2.24. The van der Waals surface area contributed by atoms with Crippen molar-refractivity contribution in [2.24, 2.45) is 0 Å². The summed E-state index contributed by atoms with van der Waals surface area (Å²) in [5, 5.41) is 4.72. The molecule has 4 rings (SSSR count). The number of hydrogen-bond donors (Lipinski definition) is 0. The lowest BCUT2D eigenvalue weighted by Gasteiger charge is -2.06. The molecule has 0 unspecified atom stereocenters. The van der Waals surface area contributed by atoms with E-state index < -0.39 is 0 Å². The minimum Gasteiger partial charge on any atom is -0.469 e. The molecule has 0 atom stereocenters. The van der Waals surface area contributed by atoms with Crippen molar-refractivity contribution < 1.29 is 14.3 Å². The van der Waals surface area contributed by atoms with Crippen LogP contribution in [-0.2, 0) is 22.6 Å². The zero-order valence-electron chi connectivity index (χ0n) is 15.5. The van der Waals surface area contributed by atoms with E-state index in [1.54, 1.807) is 11.4 Å². The van der Waals surface area contributed by atoms with Crippen LogP contribution in [0.4, 0.5) is 0 Å². The predicted octanol–water partition coefficient (Wildman–Crippen LogP) is 3.12. The highest BCUT2D eigenvalue weighted by Crippen LogP contribution is 2.39. The van der Waals surface area contributed by atoms with Crippen molar-refractivity contribution in [3.05, 3.63) is 46.8 Å². The van der Waals surface area contributed by atoms with Gasteiger partial charge < -0.3 is 9.47 Å². The van der Waals surface area contributed by atoms with Gasteiger partial charge >= 0.3 is 5.97 Å². The third kappa shape index (κ3) is 4.56. The molecule has 1 aliphatic carbocycles. The van der Waals surface area contributed by atoms with Crippen LogP contribution in [0, 0.1) is 0 Å². The van der Waals surface area contributed by atoms with E-state index in [0.29, 0.717) is 36.5 Å². The Balaban J connectivity index is 1.41. The van der Waals surface area contributed by atoms with Gasteiger partial charge in [-0.3, -0.25) is 4.79 Å². The maximum atomic E-state index is 11.5. The second-order valence-corrected chi connectivity index (χ2v) is 6.99. The lowest BCUT2D eigenvalue weighted by atomic mass is 10.2. The monoisotopic (exact) mass is 401 g/mol. The average molecular weight is 402 g/mol. The SMILES string of the molecule is CCOC(=O)CCc1nc(Cl)cc(OCc2nc3ccc(C4CC4)cn3n2)n1. The molecule has 0 aliphatic heterocycles. The Bertz CT molecular complexity index is 1000. The number of aromatic nitrogens is 5. The van der Waals surface area contributed by atoms with E-state index in [9.17, 15) is 4.79 Å². The van der Waals surface area contributed by atoms with Crippen LogP contribution in [0.15, 0.2) is 24.4 Å². The molecule has 1 aliphatic rings. The normalized spacial score (nSPS) is 13.6. The quantitative estimate of drug-likeness (QED) is 0.423. The van der Waals surface area contributed by atoms with Gasteiger partial charge in [-0.25, -0.2) is 14.5 Å². The largest absolute Gasteiger partial charge is 0.469 e. The molecule has 0 amide bonds. The van der Waals surface area contributed by atoms with Gasteiger partial charge in [-0.15, -0.1) is 5.10 Å². The average Bonchev–Trinajstić information content (AvgIpc) is 3.44. The molecule has 9 heteroatoms. The van der Waals surface area contributed by atoms with Crippen LogP contribution in [0.25, 0.3) is 5.65 Å². The van der Waals surface area contributed by atoms with E-state index in [4.69, 9.17) is 21.1 Å². The maximum absolute atomic E-state index is 11.5. The second-order valence-electron chi connectivity index (χ2n) is 6.61. The molecule has 0 saturated heterocycles. The molecule has 0 aromatic carbocycles. The third-order valence-electron chi connectivity index (χ3n) is 4.37. The number of carbonyl (C=O) groups excluding carboxylic acids is 1. The van der Waals surface area contributed by atoms with Crippen LogP contribution in [0.5, 0.6) is 5.88 Å². The molecule has 3 aromatic rings. The minimum absolute atomic E-state index is 0.158. The van der Waals surface area contributed by atoms with Crippen molar-refractivity contribution in [3.8, 4) is 5.88 Å². The summed E-state index contributed by atoms with van der Waals surface area (Å²) < 4.78 is 12.4. The number of pyridine rings is 1. The molecular weight excluding hydrogens is 382 g/mol. The third-order valence-corrected chi connectivity index (χ3v) is 4.56. The summed E-state index contributed by atoms with van der Waals surface area (Å²) in [6.07, 6.45) is 5.02. The first-order valence-corrected chi connectivity index (χ1v) is 9.65. The second kappa shape index (κ2) is 8.10. The smallest absolute Gasteiger partial charge is 0.306 e. The molecule has 28 heavy (non-hydrogen) atoms. The molecule has 1 fully saturated rings. The number of fused-ring (bicyclic) bond motifs is 1. The number of hydrogen-bond acceptors (Lipinski definition) is 7. The van der Waals surface area contributed by atoms with Crippen molar-refractivity contribution in [1.29, 1.82) is 0 Å². The number of nitrogens with zero attached hydrogens (tertiary/aromatic N) is 5. The fourth-order valence-corrected chi connectivity index (χ4v) is 3.07. The zero-order valence-corrected chi connectivity index (χ0v) is 16.2. The molecule has 0 radical (unpaired) electrons. The maximum Gasteiger partial charge on any atom is 0.306 e. The van der Waals surface area contributed by atoms with Crippen molar-refractivity contribution in [2.75, 3.05) is 6.61 Å². The van der Waals surface area contributed by atoms with Gasteiger partial charge in [0.2, 0.25) is 5.88 Å². The van der Waals surface area contributed by atoms with E-state index >= 15 is 0 Å². The van der Waals surface area contributed by atoms with Crippen LogP contribution in [0.2, 0.25) is 5.15 Å². The van der Waals surface area contributed by atoms with Gasteiger partial charge in [0.05, 0.1) is 13.0 Å². The first kappa shape index (κ1) is 18.6. The van der Waals surface area contributed by atoms with Gasteiger partial charge in [-0.05, 0) is 37.3 Å². The van der Waals surface area contributed by atoms with Gasteiger partial charge in [-0.1, -0.05) is 17.7 Å². The van der Waals surface area contributed by atoms with E-state index in [2.05, 4.69) is 26.1 Å². The molecule has 146 valence electrons. The number of halogens is 1. The van der Waals surface area contributed by atoms with Crippen LogP contribution in [-0.4, -0.2) is 37.1 Å². The first-order valence-electron chi connectivity index (χ1n) is 9.28. The van der Waals surface area contributed by atoms with Gasteiger partial charge in [0.15, 0.2) is 18.1 Å². The zero-order chi connectivity index (χ0) is 19.5. The molecule has 0 bridgehead atoms. The van der Waals surface area contributed by atoms with E-state index in [0.717, 1.165) is 5.65 Å². The summed E-state index contributed by atoms with van der Waals surface area (Å²) in [6, 6.07) is 5.60. The van der Waals surface area contributed by atoms with E-state index in [-0.39, 0.29) is 24.2 Å². The number of esters is 1. The molecule has 0 N–H and O–H groups in total. The molecule has 3 heterocycles. The number of rotatable bonds is 8. The minimum atomic E-state index is -0.298. The number of carbonyl (C=O) groups is 1. The highest BCUT2D eigenvalue weighted by atomic mass is 35.5. The molecule has 8 nitrogen and oxygen atoms in total. The summed E-state index contributed by atoms with van der Waals surface area (Å²) in [7, 11) is 0. The summed E-state index contributed by atoms with van der Waals surface area (Å²) in [5.74, 6) is 1.65. The summed E-state index contributed by atoms with van der Waals surface area (Å²) >= 11 is 6.04. The molecule has 0 spiro atoms. The summed E-state index contributed by atoms with van der Waals surface area (Å²) in [6.45, 7) is 2.27. The Labute approximate surface area is 166 Å². The van der Waals surface area contributed by atoms with Crippen LogP contribution >= 0.6 is 11.6 Å². The fourth-order valence-electron chi connectivity index (χ4n) is 2.88. The lowest BCUT2D eigenvalue weighted by Crippen LogP contribution is -2.08. The van der Waals surface area contributed by atoms with Gasteiger partial charge in [0, 0.05) is 18.7 Å². The summed E-state index contributed by atoms with van der Waals surface area (Å²) in [5.41, 5.74) is 2.07. The summed E-state index contributed by atoms with van der Waals surface area (Å²) in [4.78, 5) is 24.4. The van der Waals surface area contributed by atoms with E-state index in [1.165, 1.54) is 24.5 Å². The topological polar surface area (TPSA) is 91.5 Å². The van der Waals surface area contributed by atoms with Crippen molar-refractivity contribution in [3.63, 3.8) is 0 Å².